The molecule has 0 aromatic rings. The van der Waals surface area contributed by atoms with Gasteiger partial charge in [-0.15, -0.1) is 0 Å². The summed E-state index contributed by atoms with van der Waals surface area (Å²) in [5, 5.41) is 3.63. The molecule has 0 aromatic carbocycles. The third kappa shape index (κ3) is 4.06. The van der Waals surface area contributed by atoms with Gasteiger partial charge in [0, 0.05) is 24.7 Å². The Morgan fingerprint density at radius 3 is 2.19 bits per heavy atom. The summed E-state index contributed by atoms with van der Waals surface area (Å²) in [4.78, 5) is 2.74. The number of hydrogen-bond acceptors (Lipinski definition) is 2. The van der Waals surface area contributed by atoms with E-state index in [1.165, 1.54) is 25.8 Å². The molecular weight excluding hydrogens is 196 g/mol. The van der Waals surface area contributed by atoms with E-state index >= 15 is 0 Å². The van der Waals surface area contributed by atoms with Crippen molar-refractivity contribution in [2.45, 2.75) is 72.0 Å². The van der Waals surface area contributed by atoms with Gasteiger partial charge in [-0.2, -0.15) is 0 Å². The highest BCUT2D eigenvalue weighted by atomic mass is 15.2. The van der Waals surface area contributed by atoms with Crippen LogP contribution in [-0.4, -0.2) is 36.1 Å². The third-order valence-corrected chi connectivity index (χ3v) is 3.60. The number of hydrogen-bond donors (Lipinski definition) is 1. The monoisotopic (exact) mass is 226 g/mol. The second-order valence-electron chi connectivity index (χ2n) is 5.63. The van der Waals surface area contributed by atoms with E-state index in [-0.39, 0.29) is 0 Å². The average Bonchev–Trinajstić information content (AvgIpc) is 3.05. The Kier molecular flexibility index (Phi) is 5.77. The lowest BCUT2D eigenvalue weighted by Crippen LogP contribution is -2.50. The van der Waals surface area contributed by atoms with Gasteiger partial charge >= 0.3 is 0 Å². The highest BCUT2D eigenvalue weighted by Gasteiger charge is 2.34. The van der Waals surface area contributed by atoms with Crippen LogP contribution in [0.3, 0.4) is 0 Å². The van der Waals surface area contributed by atoms with Crippen LogP contribution in [0, 0.1) is 5.92 Å². The number of likely N-dealkylation sites (N-methyl/N-ethyl adjacent to an activating group) is 1. The Balaban J connectivity index is 2.53. The Hall–Kier alpha value is -0.0800. The van der Waals surface area contributed by atoms with Crippen LogP contribution in [0.25, 0.3) is 0 Å². The molecule has 1 N–H and O–H groups in total. The maximum absolute atomic E-state index is 3.63. The first-order chi connectivity index (χ1) is 7.60. The smallest absolute Gasteiger partial charge is 0.0224 e. The van der Waals surface area contributed by atoms with Crippen LogP contribution in [0.4, 0.5) is 0 Å². The van der Waals surface area contributed by atoms with Crippen molar-refractivity contribution < 1.29 is 0 Å². The molecule has 1 aliphatic rings. The molecular formula is C14H30N2. The largest absolute Gasteiger partial charge is 0.313 e. The summed E-state index contributed by atoms with van der Waals surface area (Å²) in [5.74, 6) is 0.780. The molecule has 0 heterocycles. The van der Waals surface area contributed by atoms with Crippen molar-refractivity contribution in [2.24, 2.45) is 5.92 Å². The van der Waals surface area contributed by atoms with E-state index in [0.29, 0.717) is 12.1 Å². The van der Waals surface area contributed by atoms with E-state index in [1.54, 1.807) is 0 Å². The van der Waals surface area contributed by atoms with E-state index in [9.17, 15) is 0 Å². The summed E-state index contributed by atoms with van der Waals surface area (Å²) in [6, 6.07) is 2.22. The lowest BCUT2D eigenvalue weighted by molar-refractivity contribution is 0.141. The Labute approximate surface area is 102 Å². The van der Waals surface area contributed by atoms with Gasteiger partial charge in [-0.25, -0.2) is 0 Å². The SMILES string of the molecule is CCNC(CC)C(C)N(CC(C)C)C1CC1. The standard InChI is InChI=1S/C14H30N2/c1-6-14(15-7-2)12(5)16(10-11(3)4)13-8-9-13/h11-15H,6-10H2,1-5H3. The fourth-order valence-corrected chi connectivity index (χ4v) is 2.63. The van der Waals surface area contributed by atoms with Crippen molar-refractivity contribution in [3.8, 4) is 0 Å². The molecule has 1 aliphatic carbocycles. The van der Waals surface area contributed by atoms with Crippen LogP contribution in [-0.2, 0) is 0 Å². The molecule has 0 spiro atoms. The number of nitrogens with zero attached hydrogens (tertiary/aromatic N) is 1. The quantitative estimate of drug-likeness (QED) is 0.684. The topological polar surface area (TPSA) is 15.3 Å². The van der Waals surface area contributed by atoms with Gasteiger partial charge in [-0.1, -0.05) is 27.7 Å². The van der Waals surface area contributed by atoms with Crippen molar-refractivity contribution >= 4 is 0 Å². The second kappa shape index (κ2) is 6.61. The van der Waals surface area contributed by atoms with Crippen LogP contribution in [0.15, 0.2) is 0 Å². The highest BCUT2D eigenvalue weighted by molar-refractivity contribution is 4.91. The molecule has 0 amide bonds. The van der Waals surface area contributed by atoms with Gasteiger partial charge in [0.15, 0.2) is 0 Å². The summed E-state index contributed by atoms with van der Waals surface area (Å²) in [7, 11) is 0. The van der Waals surface area contributed by atoms with E-state index in [2.05, 4.69) is 44.8 Å². The molecule has 1 rings (SSSR count). The summed E-state index contributed by atoms with van der Waals surface area (Å²) in [6.07, 6.45) is 4.07. The van der Waals surface area contributed by atoms with Gasteiger partial charge in [0.2, 0.25) is 0 Å². The van der Waals surface area contributed by atoms with Gasteiger partial charge < -0.3 is 5.32 Å². The zero-order valence-corrected chi connectivity index (χ0v) is 11.8. The van der Waals surface area contributed by atoms with Gasteiger partial charge in [0.25, 0.3) is 0 Å². The molecule has 0 aliphatic heterocycles. The van der Waals surface area contributed by atoms with Gasteiger partial charge in [0.05, 0.1) is 0 Å². The summed E-state index contributed by atoms with van der Waals surface area (Å²) >= 11 is 0. The maximum atomic E-state index is 3.63. The first kappa shape index (κ1) is 14.0. The molecule has 0 aromatic heterocycles. The number of rotatable bonds is 8. The molecule has 96 valence electrons. The number of nitrogens with one attached hydrogen (secondary N) is 1. The van der Waals surface area contributed by atoms with Crippen LogP contribution in [0.1, 0.15) is 53.9 Å². The van der Waals surface area contributed by atoms with Gasteiger partial charge in [-0.05, 0) is 38.6 Å². The molecule has 1 fully saturated rings. The Morgan fingerprint density at radius 1 is 1.19 bits per heavy atom. The third-order valence-electron chi connectivity index (χ3n) is 3.60. The molecule has 16 heavy (non-hydrogen) atoms. The lowest BCUT2D eigenvalue weighted by Gasteiger charge is -2.36. The van der Waals surface area contributed by atoms with Crippen molar-refractivity contribution in [3.05, 3.63) is 0 Å². The van der Waals surface area contributed by atoms with Crippen LogP contribution in [0.5, 0.6) is 0 Å². The molecule has 1 saturated carbocycles. The minimum absolute atomic E-state index is 0.657. The van der Waals surface area contributed by atoms with E-state index in [1.807, 2.05) is 0 Å². The van der Waals surface area contributed by atoms with E-state index < -0.39 is 0 Å². The minimum atomic E-state index is 0.657. The predicted octanol–water partition coefficient (Wildman–Crippen LogP) is 2.88. The molecule has 2 unspecified atom stereocenters. The second-order valence-corrected chi connectivity index (χ2v) is 5.63. The zero-order valence-electron chi connectivity index (χ0n) is 11.8. The van der Waals surface area contributed by atoms with Crippen molar-refractivity contribution in [1.29, 1.82) is 0 Å². The van der Waals surface area contributed by atoms with Gasteiger partial charge in [0.1, 0.15) is 0 Å². The summed E-state index contributed by atoms with van der Waals surface area (Å²) < 4.78 is 0. The highest BCUT2D eigenvalue weighted by Crippen LogP contribution is 2.30. The average molecular weight is 226 g/mol. The minimum Gasteiger partial charge on any atom is -0.313 e. The van der Waals surface area contributed by atoms with Crippen LogP contribution in [0.2, 0.25) is 0 Å². The maximum Gasteiger partial charge on any atom is 0.0224 e. The van der Waals surface area contributed by atoms with Crippen molar-refractivity contribution in [3.63, 3.8) is 0 Å². The first-order valence-corrected chi connectivity index (χ1v) is 7.09. The molecule has 2 atom stereocenters. The molecule has 0 bridgehead atoms. The zero-order chi connectivity index (χ0) is 12.1. The predicted molar refractivity (Wildman–Crippen MR) is 71.8 cm³/mol. The van der Waals surface area contributed by atoms with Crippen molar-refractivity contribution in [1.82, 2.24) is 10.2 Å². The molecule has 0 saturated heterocycles. The van der Waals surface area contributed by atoms with E-state index in [4.69, 9.17) is 0 Å². The first-order valence-electron chi connectivity index (χ1n) is 7.09. The van der Waals surface area contributed by atoms with Crippen molar-refractivity contribution in [2.75, 3.05) is 13.1 Å². The van der Waals surface area contributed by atoms with Crippen LogP contribution < -0.4 is 5.32 Å². The fraction of sp³-hybridized carbons (Fsp3) is 1.00. The van der Waals surface area contributed by atoms with E-state index in [0.717, 1.165) is 18.5 Å². The molecule has 2 heteroatoms. The van der Waals surface area contributed by atoms with Crippen LogP contribution >= 0.6 is 0 Å². The molecule has 0 radical (unpaired) electrons. The van der Waals surface area contributed by atoms with Gasteiger partial charge in [-0.3, -0.25) is 4.90 Å². The fourth-order valence-electron chi connectivity index (χ4n) is 2.63. The normalized spacial score (nSPS) is 20.4. The Morgan fingerprint density at radius 2 is 1.81 bits per heavy atom. The summed E-state index contributed by atoms with van der Waals surface area (Å²) in [6.45, 7) is 13.9. The summed E-state index contributed by atoms with van der Waals surface area (Å²) in [5.41, 5.74) is 0. The molecule has 2 nitrogen and oxygen atoms in total. The Bertz CT molecular complexity index is 187. The lowest BCUT2D eigenvalue weighted by atomic mass is 10.0.